The first kappa shape index (κ1) is 14.2. The summed E-state index contributed by atoms with van der Waals surface area (Å²) in [5, 5.41) is 8.83. The predicted octanol–water partition coefficient (Wildman–Crippen LogP) is 3.32. The van der Waals surface area contributed by atoms with E-state index in [0.29, 0.717) is 11.3 Å². The third kappa shape index (κ3) is 3.62. The molecule has 0 unspecified atom stereocenters. The lowest BCUT2D eigenvalue weighted by molar-refractivity contribution is -0.138. The first-order chi connectivity index (χ1) is 9.06. The molecule has 1 N–H and O–H groups in total. The number of aliphatic carboxylic acids is 1. The molecule has 0 amide bonds. The van der Waals surface area contributed by atoms with Crippen LogP contribution in [0.3, 0.4) is 0 Å². The Morgan fingerprint density at radius 3 is 2.84 bits per heavy atom. The Morgan fingerprint density at radius 1 is 1.53 bits per heavy atom. The van der Waals surface area contributed by atoms with Gasteiger partial charge < -0.3 is 9.84 Å². The number of methoxy groups -OCH3 is 1. The van der Waals surface area contributed by atoms with Crippen molar-refractivity contribution in [3.05, 3.63) is 29.6 Å². The van der Waals surface area contributed by atoms with Crippen LogP contribution in [0.5, 0.6) is 5.75 Å². The molecule has 5 heteroatoms. The van der Waals surface area contributed by atoms with Crippen molar-refractivity contribution in [1.29, 1.82) is 0 Å². The zero-order valence-corrected chi connectivity index (χ0v) is 11.6. The van der Waals surface area contributed by atoms with Gasteiger partial charge in [0.2, 0.25) is 0 Å². The van der Waals surface area contributed by atoms with Crippen molar-refractivity contribution in [3.63, 3.8) is 0 Å². The minimum Gasteiger partial charge on any atom is -0.494 e. The number of thioether (sulfide) groups is 1. The van der Waals surface area contributed by atoms with Crippen molar-refractivity contribution in [2.24, 2.45) is 5.41 Å². The van der Waals surface area contributed by atoms with Crippen LogP contribution < -0.4 is 4.74 Å². The summed E-state index contributed by atoms with van der Waals surface area (Å²) in [7, 11) is 1.45. The summed E-state index contributed by atoms with van der Waals surface area (Å²) in [6.45, 7) is 0. The lowest BCUT2D eigenvalue weighted by atomic mass is 10.1. The van der Waals surface area contributed by atoms with E-state index in [-0.39, 0.29) is 23.4 Å². The smallest absolute Gasteiger partial charge is 0.303 e. The fourth-order valence-corrected chi connectivity index (χ4v) is 3.44. The summed E-state index contributed by atoms with van der Waals surface area (Å²) in [5.74, 6) is 0.511. The van der Waals surface area contributed by atoms with Crippen molar-refractivity contribution < 1.29 is 19.0 Å². The van der Waals surface area contributed by atoms with E-state index in [1.165, 1.54) is 7.11 Å². The van der Waals surface area contributed by atoms with Crippen molar-refractivity contribution in [1.82, 2.24) is 0 Å². The van der Waals surface area contributed by atoms with Crippen LogP contribution in [0, 0.1) is 11.2 Å². The number of ether oxygens (including phenoxy) is 1. The highest BCUT2D eigenvalue weighted by molar-refractivity contribution is 7.98. The Hall–Kier alpha value is -1.23. The standard InChI is InChI=1S/C14H17FO3S/c1-18-11-4-2-3-10(13(11)15)8-19-9-14(5-6-14)7-12(16)17/h2-4H,5-9H2,1H3,(H,16,17). The molecule has 2 rings (SSSR count). The van der Waals surface area contributed by atoms with Gasteiger partial charge in [-0.1, -0.05) is 12.1 Å². The Bertz CT molecular complexity index is 472. The number of carboxylic acid groups (broad SMARTS) is 1. The normalized spacial score (nSPS) is 16.1. The van der Waals surface area contributed by atoms with Gasteiger partial charge >= 0.3 is 5.97 Å². The molecule has 3 nitrogen and oxygen atoms in total. The summed E-state index contributed by atoms with van der Waals surface area (Å²) in [5.41, 5.74) is 0.557. The van der Waals surface area contributed by atoms with E-state index in [0.717, 1.165) is 18.6 Å². The lowest BCUT2D eigenvalue weighted by Crippen LogP contribution is -2.11. The van der Waals surface area contributed by atoms with Crippen LogP contribution in [0.15, 0.2) is 18.2 Å². The first-order valence-electron chi connectivity index (χ1n) is 6.17. The molecule has 1 fully saturated rings. The molecule has 0 spiro atoms. The van der Waals surface area contributed by atoms with E-state index in [4.69, 9.17) is 9.84 Å². The molecule has 1 aromatic rings. The molecule has 104 valence electrons. The Balaban J connectivity index is 1.88. The van der Waals surface area contributed by atoms with Gasteiger partial charge in [0.25, 0.3) is 0 Å². The largest absolute Gasteiger partial charge is 0.494 e. The maximum absolute atomic E-state index is 13.9. The SMILES string of the molecule is COc1cccc(CSCC2(CC(=O)O)CC2)c1F. The van der Waals surface area contributed by atoms with Crippen LogP contribution in [0.25, 0.3) is 0 Å². The summed E-state index contributed by atoms with van der Waals surface area (Å²) in [6, 6.07) is 5.10. The third-order valence-electron chi connectivity index (χ3n) is 3.41. The van der Waals surface area contributed by atoms with Crippen molar-refractivity contribution in [3.8, 4) is 5.75 Å². The molecular formula is C14H17FO3S. The van der Waals surface area contributed by atoms with Gasteiger partial charge in [0.1, 0.15) is 0 Å². The van der Waals surface area contributed by atoms with E-state index in [9.17, 15) is 9.18 Å². The van der Waals surface area contributed by atoms with Gasteiger partial charge in [-0.2, -0.15) is 11.8 Å². The average Bonchev–Trinajstić information content (AvgIpc) is 3.10. The van der Waals surface area contributed by atoms with Gasteiger partial charge in [-0.3, -0.25) is 4.79 Å². The molecule has 1 aromatic carbocycles. The molecule has 1 aliphatic rings. The number of halogens is 1. The zero-order chi connectivity index (χ0) is 13.9. The molecule has 0 bridgehead atoms. The minimum atomic E-state index is -0.745. The van der Waals surface area contributed by atoms with Gasteiger partial charge in [-0.15, -0.1) is 0 Å². The van der Waals surface area contributed by atoms with Crippen LogP contribution in [0.2, 0.25) is 0 Å². The number of hydrogen-bond acceptors (Lipinski definition) is 3. The van der Waals surface area contributed by atoms with Crippen molar-refractivity contribution in [2.75, 3.05) is 12.9 Å². The monoisotopic (exact) mass is 284 g/mol. The summed E-state index contributed by atoms with van der Waals surface area (Å²) >= 11 is 1.59. The maximum Gasteiger partial charge on any atom is 0.303 e. The van der Waals surface area contributed by atoms with E-state index < -0.39 is 5.97 Å². The first-order valence-corrected chi connectivity index (χ1v) is 7.33. The number of carboxylic acids is 1. The van der Waals surface area contributed by atoms with Crippen molar-refractivity contribution in [2.45, 2.75) is 25.0 Å². The van der Waals surface area contributed by atoms with E-state index in [1.807, 2.05) is 0 Å². The molecule has 19 heavy (non-hydrogen) atoms. The van der Waals surface area contributed by atoms with Gasteiger partial charge in [-0.25, -0.2) is 4.39 Å². The number of hydrogen-bond donors (Lipinski definition) is 1. The van der Waals surface area contributed by atoms with Gasteiger partial charge in [0.05, 0.1) is 13.5 Å². The van der Waals surface area contributed by atoms with Crippen LogP contribution >= 0.6 is 11.8 Å². The third-order valence-corrected chi connectivity index (χ3v) is 4.74. The molecule has 0 aromatic heterocycles. The lowest BCUT2D eigenvalue weighted by Gasteiger charge is -2.12. The molecule has 1 aliphatic carbocycles. The molecular weight excluding hydrogens is 267 g/mol. The Labute approximate surface area is 116 Å². The van der Waals surface area contributed by atoms with Crippen LogP contribution in [0.1, 0.15) is 24.8 Å². The maximum atomic E-state index is 13.9. The fourth-order valence-electron chi connectivity index (χ4n) is 2.07. The van der Waals surface area contributed by atoms with Gasteiger partial charge in [0, 0.05) is 11.3 Å². The fraction of sp³-hybridized carbons (Fsp3) is 0.500. The molecule has 0 aliphatic heterocycles. The van der Waals surface area contributed by atoms with Crippen LogP contribution in [0.4, 0.5) is 4.39 Å². The quantitative estimate of drug-likeness (QED) is 0.834. The molecule has 0 radical (unpaired) electrons. The van der Waals surface area contributed by atoms with E-state index in [2.05, 4.69) is 0 Å². The summed E-state index contributed by atoms with van der Waals surface area (Å²) < 4.78 is 18.8. The van der Waals surface area contributed by atoms with E-state index in [1.54, 1.807) is 30.0 Å². The van der Waals surface area contributed by atoms with Gasteiger partial charge in [-0.05, 0) is 30.1 Å². The van der Waals surface area contributed by atoms with Crippen LogP contribution in [-0.2, 0) is 10.5 Å². The second-order valence-electron chi connectivity index (χ2n) is 5.00. The second kappa shape index (κ2) is 5.82. The summed E-state index contributed by atoms with van der Waals surface area (Å²) in [4.78, 5) is 10.7. The van der Waals surface area contributed by atoms with E-state index >= 15 is 0 Å². The Morgan fingerprint density at radius 2 is 2.26 bits per heavy atom. The molecule has 0 atom stereocenters. The Kier molecular flexibility index (Phi) is 4.34. The van der Waals surface area contributed by atoms with Crippen LogP contribution in [-0.4, -0.2) is 23.9 Å². The topological polar surface area (TPSA) is 46.5 Å². The predicted molar refractivity (Wildman–Crippen MR) is 73.0 cm³/mol. The zero-order valence-electron chi connectivity index (χ0n) is 10.8. The number of benzene rings is 1. The second-order valence-corrected chi connectivity index (χ2v) is 5.98. The average molecular weight is 284 g/mol. The minimum absolute atomic E-state index is 0.0498. The highest BCUT2D eigenvalue weighted by Gasteiger charge is 2.44. The molecule has 0 heterocycles. The molecule has 0 saturated heterocycles. The van der Waals surface area contributed by atoms with Gasteiger partial charge in [0.15, 0.2) is 11.6 Å². The molecule has 1 saturated carbocycles. The number of rotatable bonds is 7. The highest BCUT2D eigenvalue weighted by Crippen LogP contribution is 2.51. The number of carbonyl (C=O) groups is 1. The van der Waals surface area contributed by atoms with Crippen molar-refractivity contribution >= 4 is 17.7 Å². The summed E-state index contributed by atoms with van der Waals surface area (Å²) in [6.07, 6.45) is 2.15. The highest BCUT2D eigenvalue weighted by atomic mass is 32.2.